The van der Waals surface area contributed by atoms with E-state index in [0.29, 0.717) is 11.8 Å². The van der Waals surface area contributed by atoms with Crippen LogP contribution in [0.15, 0.2) is 35.0 Å². The first-order valence-corrected chi connectivity index (χ1v) is 7.81. The number of nitrogens with zero attached hydrogens (tertiary/aromatic N) is 1. The van der Waals surface area contributed by atoms with Gasteiger partial charge in [-0.15, -0.1) is 0 Å². The van der Waals surface area contributed by atoms with Crippen LogP contribution in [0.1, 0.15) is 71.4 Å². The fourth-order valence-corrected chi connectivity index (χ4v) is 2.79. The van der Waals surface area contributed by atoms with Crippen LogP contribution in [0.3, 0.4) is 0 Å². The zero-order valence-electron chi connectivity index (χ0n) is 14.3. The average Bonchev–Trinajstić information content (AvgIpc) is 2.61. The van der Waals surface area contributed by atoms with Gasteiger partial charge in [0.25, 0.3) is 0 Å². The molecule has 0 spiro atoms. The summed E-state index contributed by atoms with van der Waals surface area (Å²) in [7, 11) is 0. The van der Waals surface area contributed by atoms with Crippen LogP contribution in [0.5, 0.6) is 0 Å². The van der Waals surface area contributed by atoms with Gasteiger partial charge in [-0.2, -0.15) is 0 Å². The van der Waals surface area contributed by atoms with E-state index in [4.69, 9.17) is 9.73 Å². The molecule has 2 heteroatoms. The van der Waals surface area contributed by atoms with Crippen molar-refractivity contribution < 1.29 is 4.74 Å². The molecule has 0 aliphatic carbocycles. The van der Waals surface area contributed by atoms with Crippen molar-refractivity contribution in [3.8, 4) is 0 Å². The van der Waals surface area contributed by atoms with E-state index in [9.17, 15) is 0 Å². The number of aliphatic imine (C=N–C) groups is 1. The van der Waals surface area contributed by atoms with Gasteiger partial charge in [0, 0.05) is 0 Å². The van der Waals surface area contributed by atoms with E-state index >= 15 is 0 Å². The second-order valence-corrected chi connectivity index (χ2v) is 7.09. The molecule has 0 atom stereocenters. The maximum Gasteiger partial charge on any atom is 0.204 e. The predicted molar refractivity (Wildman–Crippen MR) is 90.3 cm³/mol. The van der Waals surface area contributed by atoms with Crippen molar-refractivity contribution in [2.45, 2.75) is 60.3 Å². The highest BCUT2D eigenvalue weighted by Gasteiger charge is 2.32. The molecule has 0 N–H and O–H groups in total. The monoisotopic (exact) mass is 285 g/mol. The molecule has 1 aliphatic heterocycles. The molecule has 0 saturated carbocycles. The number of rotatable bonds is 3. The molecule has 0 bridgehead atoms. The summed E-state index contributed by atoms with van der Waals surface area (Å²) in [6.45, 7) is 15.1. The molecule has 1 aromatic rings. The predicted octanol–water partition coefficient (Wildman–Crippen LogP) is 5.92. The molecule has 2 rings (SSSR count). The lowest BCUT2D eigenvalue weighted by Crippen LogP contribution is -2.18. The minimum atomic E-state index is -0.136. The van der Waals surface area contributed by atoms with Gasteiger partial charge < -0.3 is 4.74 Å². The first-order chi connectivity index (χ1) is 9.72. The Bertz CT molecular complexity index is 565. The minimum Gasteiger partial charge on any atom is -0.447 e. The SMILES string of the molecule is CC1=CC(C)(C)C(=Nc2c(C(C)C)cccc2C(C)C)O1. The van der Waals surface area contributed by atoms with Crippen molar-refractivity contribution in [1.29, 1.82) is 0 Å². The van der Waals surface area contributed by atoms with E-state index < -0.39 is 0 Å². The molecule has 1 aliphatic rings. The second-order valence-electron chi connectivity index (χ2n) is 7.09. The number of hydrogen-bond donors (Lipinski definition) is 0. The van der Waals surface area contributed by atoms with E-state index in [1.165, 1.54) is 11.1 Å². The zero-order chi connectivity index (χ0) is 15.8. The molecule has 0 fully saturated rings. The number of allylic oxidation sites excluding steroid dienone is 1. The third-order valence-electron chi connectivity index (χ3n) is 3.93. The van der Waals surface area contributed by atoms with Crippen LogP contribution in [-0.4, -0.2) is 5.90 Å². The van der Waals surface area contributed by atoms with Crippen molar-refractivity contribution in [2.24, 2.45) is 10.4 Å². The summed E-state index contributed by atoms with van der Waals surface area (Å²) in [5, 5.41) is 0. The summed E-state index contributed by atoms with van der Waals surface area (Å²) in [6, 6.07) is 6.49. The van der Waals surface area contributed by atoms with Gasteiger partial charge >= 0.3 is 0 Å². The van der Waals surface area contributed by atoms with E-state index in [2.05, 4.69) is 65.8 Å². The van der Waals surface area contributed by atoms with Crippen LogP contribution in [0.25, 0.3) is 0 Å². The van der Waals surface area contributed by atoms with Crippen molar-refractivity contribution in [2.75, 3.05) is 0 Å². The Kier molecular flexibility index (Phi) is 4.27. The van der Waals surface area contributed by atoms with Gasteiger partial charge in [-0.05, 0) is 49.8 Å². The average molecular weight is 285 g/mol. The Balaban J connectivity index is 2.58. The van der Waals surface area contributed by atoms with Crippen molar-refractivity contribution in [1.82, 2.24) is 0 Å². The van der Waals surface area contributed by atoms with Gasteiger partial charge in [-0.1, -0.05) is 45.9 Å². The van der Waals surface area contributed by atoms with Gasteiger partial charge in [0.05, 0.1) is 16.9 Å². The van der Waals surface area contributed by atoms with E-state index in [1.807, 2.05) is 6.92 Å². The molecule has 1 heterocycles. The van der Waals surface area contributed by atoms with E-state index in [0.717, 1.165) is 17.3 Å². The maximum absolute atomic E-state index is 5.86. The molecule has 0 amide bonds. The molecule has 0 saturated heterocycles. The van der Waals surface area contributed by atoms with Crippen LogP contribution in [0, 0.1) is 5.41 Å². The van der Waals surface area contributed by atoms with Gasteiger partial charge in [0.1, 0.15) is 0 Å². The molecular formula is C19H27NO. The highest BCUT2D eigenvalue weighted by molar-refractivity contribution is 5.90. The van der Waals surface area contributed by atoms with Gasteiger partial charge in [-0.3, -0.25) is 0 Å². The molecule has 0 aromatic heterocycles. The van der Waals surface area contributed by atoms with Gasteiger partial charge in [0.15, 0.2) is 0 Å². The molecular weight excluding hydrogens is 258 g/mol. The van der Waals surface area contributed by atoms with Crippen LogP contribution >= 0.6 is 0 Å². The Morgan fingerprint density at radius 2 is 1.52 bits per heavy atom. The van der Waals surface area contributed by atoms with E-state index in [-0.39, 0.29) is 5.41 Å². The van der Waals surface area contributed by atoms with Crippen molar-refractivity contribution in [3.63, 3.8) is 0 Å². The van der Waals surface area contributed by atoms with Gasteiger partial charge in [0.2, 0.25) is 5.90 Å². The second kappa shape index (κ2) is 5.67. The number of hydrogen-bond acceptors (Lipinski definition) is 2. The Hall–Kier alpha value is -1.57. The molecule has 0 unspecified atom stereocenters. The molecule has 114 valence electrons. The Morgan fingerprint density at radius 1 is 1.00 bits per heavy atom. The fourth-order valence-electron chi connectivity index (χ4n) is 2.79. The molecule has 2 nitrogen and oxygen atoms in total. The normalized spacial score (nSPS) is 19.3. The summed E-state index contributed by atoms with van der Waals surface area (Å²) >= 11 is 0. The van der Waals surface area contributed by atoms with Crippen LogP contribution in [0.2, 0.25) is 0 Å². The number of benzene rings is 1. The molecule has 0 radical (unpaired) electrons. The van der Waals surface area contributed by atoms with E-state index in [1.54, 1.807) is 0 Å². The topological polar surface area (TPSA) is 21.6 Å². The first kappa shape index (κ1) is 15.8. The van der Waals surface area contributed by atoms with Crippen molar-refractivity contribution in [3.05, 3.63) is 41.2 Å². The fraction of sp³-hybridized carbons (Fsp3) is 0.526. The summed E-state index contributed by atoms with van der Waals surface area (Å²) in [5.74, 6) is 2.63. The van der Waals surface area contributed by atoms with Crippen molar-refractivity contribution >= 4 is 11.6 Å². The summed E-state index contributed by atoms with van der Waals surface area (Å²) in [6.07, 6.45) is 2.14. The molecule has 1 aromatic carbocycles. The summed E-state index contributed by atoms with van der Waals surface area (Å²) in [4.78, 5) is 4.95. The maximum atomic E-state index is 5.86. The number of ether oxygens (including phenoxy) is 1. The Morgan fingerprint density at radius 3 is 1.90 bits per heavy atom. The lowest BCUT2D eigenvalue weighted by molar-refractivity contribution is 0.408. The van der Waals surface area contributed by atoms with Crippen LogP contribution in [-0.2, 0) is 4.74 Å². The third-order valence-corrected chi connectivity index (χ3v) is 3.93. The number of para-hydroxylation sites is 1. The zero-order valence-corrected chi connectivity index (χ0v) is 14.3. The lowest BCUT2D eigenvalue weighted by atomic mass is 9.91. The Labute approximate surface area is 128 Å². The van der Waals surface area contributed by atoms with Crippen LogP contribution in [0.4, 0.5) is 5.69 Å². The van der Waals surface area contributed by atoms with Gasteiger partial charge in [-0.25, -0.2) is 4.99 Å². The van der Waals surface area contributed by atoms with Crippen LogP contribution < -0.4 is 0 Å². The lowest BCUT2D eigenvalue weighted by Gasteiger charge is -2.20. The standard InChI is InChI=1S/C19H27NO/c1-12(2)15-9-8-10-16(13(3)4)17(15)20-18-19(6,7)11-14(5)21-18/h8-13H,1-7H3. The quantitative estimate of drug-likeness (QED) is 0.675. The smallest absolute Gasteiger partial charge is 0.204 e. The first-order valence-electron chi connectivity index (χ1n) is 7.81. The highest BCUT2D eigenvalue weighted by Crippen LogP contribution is 2.38. The molecule has 21 heavy (non-hydrogen) atoms. The minimum absolute atomic E-state index is 0.136. The highest BCUT2D eigenvalue weighted by atomic mass is 16.5. The largest absolute Gasteiger partial charge is 0.447 e. The third kappa shape index (κ3) is 3.20. The summed E-state index contributed by atoms with van der Waals surface area (Å²) < 4.78 is 5.86. The summed E-state index contributed by atoms with van der Waals surface area (Å²) in [5.41, 5.74) is 3.53.